The summed E-state index contributed by atoms with van der Waals surface area (Å²) < 4.78 is 7.30. The molecule has 1 saturated heterocycles. The normalized spacial score (nSPS) is 29.1. The number of aliphatic hydroxyl groups excluding tert-OH is 2. The molecule has 0 spiro atoms. The number of anilines is 1. The first kappa shape index (κ1) is 19.0. The molecule has 2 fully saturated rings. The molecule has 11 heteroatoms. The molecule has 0 aromatic carbocycles. The number of ether oxygens (including phenoxy) is 1. The molecular formula is C17H25N7O4. The number of imidazole rings is 1. The summed E-state index contributed by atoms with van der Waals surface area (Å²) in [6, 6.07) is 0. The molecule has 2 aromatic heterocycles. The van der Waals surface area contributed by atoms with Gasteiger partial charge in [-0.3, -0.25) is 9.40 Å². The van der Waals surface area contributed by atoms with Crippen molar-refractivity contribution in [2.45, 2.75) is 56.6 Å². The van der Waals surface area contributed by atoms with E-state index in [2.05, 4.69) is 25.6 Å². The summed E-state index contributed by atoms with van der Waals surface area (Å²) in [6.07, 6.45) is 6.77. The maximum absolute atomic E-state index is 10.4. The topological polar surface area (TPSA) is 153 Å². The van der Waals surface area contributed by atoms with Crippen LogP contribution in [-0.2, 0) is 9.57 Å². The number of fused-ring (bicyclic) bond motifs is 1. The highest BCUT2D eigenvalue weighted by atomic mass is 16.7. The van der Waals surface area contributed by atoms with Gasteiger partial charge in [0.25, 0.3) is 0 Å². The first-order valence-electron chi connectivity index (χ1n) is 9.49. The van der Waals surface area contributed by atoms with Gasteiger partial charge in [-0.05, 0) is 18.8 Å². The average molecular weight is 391 g/mol. The quantitative estimate of drug-likeness (QED) is 0.305. The molecular weight excluding hydrogens is 366 g/mol. The molecule has 1 aliphatic carbocycles. The van der Waals surface area contributed by atoms with Crippen LogP contribution in [0.3, 0.4) is 0 Å². The maximum atomic E-state index is 10.4. The van der Waals surface area contributed by atoms with Crippen LogP contribution in [-0.4, -0.2) is 60.9 Å². The molecule has 2 aromatic rings. The highest BCUT2D eigenvalue weighted by molar-refractivity contribution is 5.81. The molecule has 11 nitrogen and oxygen atoms in total. The molecule has 2 aliphatic rings. The zero-order valence-corrected chi connectivity index (χ0v) is 15.4. The summed E-state index contributed by atoms with van der Waals surface area (Å²) >= 11 is 0. The molecule has 4 atom stereocenters. The van der Waals surface area contributed by atoms with Crippen molar-refractivity contribution in [3.05, 3.63) is 12.7 Å². The lowest BCUT2D eigenvalue weighted by Crippen LogP contribution is -2.34. The van der Waals surface area contributed by atoms with Gasteiger partial charge in [-0.2, -0.15) is 10.7 Å². The molecule has 0 amide bonds. The molecule has 3 heterocycles. The smallest absolute Gasteiger partial charge is 0.167 e. The van der Waals surface area contributed by atoms with Crippen molar-refractivity contribution >= 4 is 23.2 Å². The Morgan fingerprint density at radius 1 is 1.25 bits per heavy atom. The zero-order chi connectivity index (χ0) is 19.5. The molecule has 5 N–H and O–H groups in total. The molecule has 0 unspecified atom stereocenters. The molecule has 1 saturated carbocycles. The van der Waals surface area contributed by atoms with E-state index in [0.29, 0.717) is 17.1 Å². The fourth-order valence-corrected chi connectivity index (χ4v) is 3.73. The van der Waals surface area contributed by atoms with Crippen LogP contribution < -0.4 is 11.3 Å². The van der Waals surface area contributed by atoms with Crippen molar-refractivity contribution in [3.63, 3.8) is 0 Å². The Morgan fingerprint density at radius 2 is 2.07 bits per heavy atom. The van der Waals surface area contributed by atoms with Crippen molar-refractivity contribution in [2.24, 2.45) is 11.0 Å². The lowest BCUT2D eigenvalue weighted by molar-refractivity contribution is -0.0856. The van der Waals surface area contributed by atoms with E-state index in [0.717, 1.165) is 12.8 Å². The Bertz CT molecular complexity index is 823. The Labute approximate surface area is 161 Å². The molecule has 0 bridgehead atoms. The summed E-state index contributed by atoms with van der Waals surface area (Å²) in [5, 5.41) is 24.8. The lowest BCUT2D eigenvalue weighted by atomic mass is 9.90. The molecule has 1 aliphatic heterocycles. The predicted molar refractivity (Wildman–Crippen MR) is 99.8 cm³/mol. The van der Waals surface area contributed by atoms with E-state index in [-0.39, 0.29) is 12.4 Å². The summed E-state index contributed by atoms with van der Waals surface area (Å²) in [7, 11) is 0. The number of aliphatic hydroxyl groups is 2. The van der Waals surface area contributed by atoms with E-state index in [4.69, 9.17) is 15.3 Å². The summed E-state index contributed by atoms with van der Waals surface area (Å²) in [4.78, 5) is 17.5. The van der Waals surface area contributed by atoms with Crippen LogP contribution in [0.2, 0.25) is 0 Å². The Kier molecular flexibility index (Phi) is 5.67. The van der Waals surface area contributed by atoms with Crippen LogP contribution in [0.25, 0.3) is 11.2 Å². The highest BCUT2D eigenvalue weighted by Crippen LogP contribution is 2.32. The summed E-state index contributed by atoms with van der Waals surface area (Å²) in [5.41, 5.74) is 9.13. The second kappa shape index (κ2) is 8.35. The first-order chi connectivity index (χ1) is 13.6. The van der Waals surface area contributed by atoms with Crippen LogP contribution >= 0.6 is 0 Å². The monoisotopic (exact) mass is 391 g/mol. The molecule has 152 valence electrons. The van der Waals surface area contributed by atoms with E-state index in [1.54, 1.807) is 0 Å². The van der Waals surface area contributed by atoms with Crippen molar-refractivity contribution < 1.29 is 19.8 Å². The van der Waals surface area contributed by atoms with Crippen LogP contribution in [0, 0.1) is 5.92 Å². The number of hydrogen-bond acceptors (Lipinski definition) is 10. The third kappa shape index (κ3) is 3.78. The van der Waals surface area contributed by atoms with Gasteiger partial charge in [0.15, 0.2) is 17.7 Å². The van der Waals surface area contributed by atoms with Gasteiger partial charge >= 0.3 is 0 Å². The Hall–Kier alpha value is -2.34. The van der Waals surface area contributed by atoms with Crippen LogP contribution in [0.15, 0.2) is 17.8 Å². The fourth-order valence-electron chi connectivity index (χ4n) is 3.73. The largest absolute Gasteiger partial charge is 0.387 e. The summed E-state index contributed by atoms with van der Waals surface area (Å²) in [5.74, 6) is 0.713. The second-order valence-electron chi connectivity index (χ2n) is 7.21. The van der Waals surface area contributed by atoms with Crippen LogP contribution in [0.4, 0.5) is 5.82 Å². The Morgan fingerprint density at radius 3 is 2.89 bits per heavy atom. The minimum Gasteiger partial charge on any atom is -0.387 e. The zero-order valence-electron chi connectivity index (χ0n) is 15.4. The van der Waals surface area contributed by atoms with Crippen molar-refractivity contribution in [1.82, 2.24) is 25.1 Å². The van der Waals surface area contributed by atoms with Gasteiger partial charge in [0.2, 0.25) is 0 Å². The van der Waals surface area contributed by atoms with E-state index >= 15 is 0 Å². The number of hydrogen-bond donors (Lipinski definition) is 4. The van der Waals surface area contributed by atoms with Gasteiger partial charge in [0.1, 0.15) is 36.8 Å². The second-order valence-corrected chi connectivity index (χ2v) is 7.21. The van der Waals surface area contributed by atoms with Gasteiger partial charge in [-0.1, -0.05) is 19.3 Å². The lowest BCUT2D eigenvalue weighted by Gasteiger charge is -2.17. The van der Waals surface area contributed by atoms with Crippen LogP contribution in [0.5, 0.6) is 0 Å². The number of rotatable bonds is 6. The average Bonchev–Trinajstić information content (AvgIpc) is 3.26. The maximum Gasteiger partial charge on any atom is 0.167 e. The van der Waals surface area contributed by atoms with E-state index in [1.165, 1.54) is 36.5 Å². The van der Waals surface area contributed by atoms with Crippen molar-refractivity contribution in [2.75, 3.05) is 12.3 Å². The third-order valence-corrected chi connectivity index (χ3v) is 5.30. The summed E-state index contributed by atoms with van der Waals surface area (Å²) in [6.45, 7) is 0.0144. The number of nitrogens with zero attached hydrogens (tertiary/aromatic N) is 5. The van der Waals surface area contributed by atoms with Crippen molar-refractivity contribution in [1.29, 1.82) is 0 Å². The number of nitrogens with one attached hydrogen (secondary N) is 1. The molecule has 0 radical (unpaired) electrons. The predicted octanol–water partition coefficient (Wildman–Crippen LogP) is 0.115. The molecule has 4 rings (SSSR count). The fraction of sp³-hybridized carbons (Fsp3) is 0.647. The standard InChI is InChI=1S/C17H25N7O4/c18-15-12-16(20-8-19-15)24(9-21-12)17-14(26)13(25)11(28-17)7-27-23-22-6-10-4-2-1-3-5-10/h6,8-11,13-14,17,23,25-26H,1-5,7H2,(H2,18,19,20)/t11-,13-,14-,17-/m1/s1. The number of nitrogens with two attached hydrogens (primary N) is 1. The SMILES string of the molecule is Nc1ncnc2c1ncn2[C@@H]1O[C@H](CONN=CC2CCCCC2)[C@@H](O)[C@H]1O. The van der Waals surface area contributed by atoms with Gasteiger partial charge in [-0.15, -0.1) is 0 Å². The number of hydrazone groups is 1. The number of nitrogen functional groups attached to an aromatic ring is 1. The van der Waals surface area contributed by atoms with Gasteiger partial charge < -0.3 is 20.7 Å². The minimum absolute atomic E-state index is 0.0144. The first-order valence-corrected chi connectivity index (χ1v) is 9.49. The van der Waals surface area contributed by atoms with Crippen LogP contribution in [0.1, 0.15) is 38.3 Å². The Balaban J connectivity index is 1.34. The minimum atomic E-state index is -1.17. The van der Waals surface area contributed by atoms with Crippen molar-refractivity contribution in [3.8, 4) is 0 Å². The van der Waals surface area contributed by atoms with Gasteiger partial charge in [0, 0.05) is 6.21 Å². The number of aromatic nitrogens is 4. The van der Waals surface area contributed by atoms with E-state index in [9.17, 15) is 10.2 Å². The highest BCUT2D eigenvalue weighted by Gasteiger charge is 2.44. The van der Waals surface area contributed by atoms with Gasteiger partial charge in [-0.25, -0.2) is 15.0 Å². The van der Waals surface area contributed by atoms with E-state index in [1.807, 2.05) is 6.21 Å². The third-order valence-electron chi connectivity index (χ3n) is 5.30. The van der Waals surface area contributed by atoms with Gasteiger partial charge in [0.05, 0.1) is 6.33 Å². The van der Waals surface area contributed by atoms with E-state index < -0.39 is 24.5 Å². The molecule has 28 heavy (non-hydrogen) atoms.